The van der Waals surface area contributed by atoms with Gasteiger partial charge in [0, 0.05) is 19.8 Å². The third kappa shape index (κ3) is 3.46. The molecule has 2 rings (SSSR count). The van der Waals surface area contributed by atoms with Gasteiger partial charge in [-0.1, -0.05) is 13.3 Å². The minimum Gasteiger partial charge on any atom is -0.384 e. The fourth-order valence-electron chi connectivity index (χ4n) is 3.82. The van der Waals surface area contributed by atoms with Crippen LogP contribution in [0.4, 0.5) is 0 Å². The van der Waals surface area contributed by atoms with Crippen molar-refractivity contribution in [1.82, 2.24) is 4.90 Å². The molecule has 2 fully saturated rings. The van der Waals surface area contributed by atoms with Crippen LogP contribution in [0.3, 0.4) is 0 Å². The summed E-state index contributed by atoms with van der Waals surface area (Å²) >= 11 is 0. The van der Waals surface area contributed by atoms with Crippen molar-refractivity contribution in [2.75, 3.05) is 33.4 Å². The summed E-state index contributed by atoms with van der Waals surface area (Å²) in [5.41, 5.74) is 5.97. The van der Waals surface area contributed by atoms with Gasteiger partial charge in [-0.25, -0.2) is 0 Å². The maximum atomic E-state index is 5.97. The molecule has 1 saturated heterocycles. The third-order valence-corrected chi connectivity index (χ3v) is 5.04. The van der Waals surface area contributed by atoms with Crippen LogP contribution in [0.15, 0.2) is 0 Å². The quantitative estimate of drug-likeness (QED) is 0.835. The van der Waals surface area contributed by atoms with Crippen molar-refractivity contribution >= 4 is 0 Å². The van der Waals surface area contributed by atoms with Crippen LogP contribution >= 0.6 is 0 Å². The number of nitrogens with zero attached hydrogens (tertiary/aromatic N) is 1. The number of likely N-dealkylation sites (tertiary alicyclic amines) is 1. The van der Waals surface area contributed by atoms with Gasteiger partial charge in [-0.2, -0.15) is 0 Å². The average molecular weight is 254 g/mol. The van der Waals surface area contributed by atoms with E-state index in [9.17, 15) is 0 Å². The Kier molecular flexibility index (Phi) is 5.46. The first kappa shape index (κ1) is 14.3. The molecule has 3 atom stereocenters. The predicted molar refractivity (Wildman–Crippen MR) is 75.5 cm³/mol. The van der Waals surface area contributed by atoms with Gasteiger partial charge in [0.15, 0.2) is 0 Å². The van der Waals surface area contributed by atoms with Gasteiger partial charge >= 0.3 is 0 Å². The van der Waals surface area contributed by atoms with Crippen molar-refractivity contribution in [2.24, 2.45) is 23.5 Å². The summed E-state index contributed by atoms with van der Waals surface area (Å²) < 4.78 is 5.28. The lowest BCUT2D eigenvalue weighted by Gasteiger charge is -2.44. The van der Waals surface area contributed by atoms with E-state index < -0.39 is 0 Å². The highest BCUT2D eigenvalue weighted by atomic mass is 16.5. The van der Waals surface area contributed by atoms with Crippen LogP contribution in [-0.2, 0) is 4.74 Å². The van der Waals surface area contributed by atoms with Crippen molar-refractivity contribution in [1.29, 1.82) is 0 Å². The molecule has 0 aromatic carbocycles. The van der Waals surface area contributed by atoms with Gasteiger partial charge in [0.05, 0.1) is 0 Å². The summed E-state index contributed by atoms with van der Waals surface area (Å²) in [6, 6.07) is 0.752. The van der Waals surface area contributed by atoms with Gasteiger partial charge in [-0.15, -0.1) is 0 Å². The molecular formula is C15H30N2O. The maximum Gasteiger partial charge on any atom is 0.0491 e. The second-order valence-corrected chi connectivity index (χ2v) is 6.42. The summed E-state index contributed by atoms with van der Waals surface area (Å²) in [4.78, 5) is 2.72. The largest absolute Gasteiger partial charge is 0.384 e. The van der Waals surface area contributed by atoms with E-state index in [4.69, 9.17) is 10.5 Å². The van der Waals surface area contributed by atoms with Crippen LogP contribution in [0.5, 0.6) is 0 Å². The minimum atomic E-state index is 0.736. The molecular weight excluding hydrogens is 224 g/mol. The zero-order chi connectivity index (χ0) is 13.0. The Morgan fingerprint density at radius 2 is 1.89 bits per heavy atom. The van der Waals surface area contributed by atoms with Crippen LogP contribution in [0.25, 0.3) is 0 Å². The van der Waals surface area contributed by atoms with Crippen LogP contribution in [0.1, 0.15) is 39.0 Å². The lowest BCUT2D eigenvalue weighted by molar-refractivity contribution is 0.0373. The number of piperidine rings is 1. The number of rotatable bonds is 4. The summed E-state index contributed by atoms with van der Waals surface area (Å²) in [6.07, 6.45) is 6.67. The highest BCUT2D eigenvalue weighted by Crippen LogP contribution is 2.33. The highest BCUT2D eigenvalue weighted by Gasteiger charge is 2.33. The van der Waals surface area contributed by atoms with Crippen LogP contribution < -0.4 is 5.73 Å². The standard InChI is InChI=1S/C15H30N2O/c1-12-3-4-14(10-16)15(9-12)17-7-5-13(6-8-17)11-18-2/h12-15H,3-11,16H2,1-2H3. The fraction of sp³-hybridized carbons (Fsp3) is 1.00. The monoisotopic (exact) mass is 254 g/mol. The van der Waals surface area contributed by atoms with Gasteiger partial charge in [0.1, 0.15) is 0 Å². The first-order valence-electron chi connectivity index (χ1n) is 7.67. The van der Waals surface area contributed by atoms with Crippen molar-refractivity contribution in [3.8, 4) is 0 Å². The third-order valence-electron chi connectivity index (χ3n) is 5.04. The predicted octanol–water partition coefficient (Wildman–Crippen LogP) is 2.11. The molecule has 2 aliphatic rings. The van der Waals surface area contributed by atoms with E-state index in [1.807, 2.05) is 7.11 Å². The molecule has 0 aromatic heterocycles. The normalized spacial score (nSPS) is 35.8. The van der Waals surface area contributed by atoms with Crippen LogP contribution in [-0.4, -0.2) is 44.3 Å². The molecule has 3 unspecified atom stereocenters. The molecule has 1 aliphatic carbocycles. The fourth-order valence-corrected chi connectivity index (χ4v) is 3.82. The molecule has 0 radical (unpaired) electrons. The lowest BCUT2D eigenvalue weighted by Crippen LogP contribution is -2.49. The second-order valence-electron chi connectivity index (χ2n) is 6.42. The number of nitrogens with two attached hydrogens (primary N) is 1. The molecule has 3 heteroatoms. The van der Waals surface area contributed by atoms with Crippen molar-refractivity contribution < 1.29 is 4.74 Å². The number of hydrogen-bond acceptors (Lipinski definition) is 3. The molecule has 1 aliphatic heterocycles. The minimum absolute atomic E-state index is 0.736. The van der Waals surface area contributed by atoms with Gasteiger partial charge in [-0.3, -0.25) is 0 Å². The van der Waals surface area contributed by atoms with Gasteiger partial charge in [0.25, 0.3) is 0 Å². The van der Waals surface area contributed by atoms with E-state index in [1.165, 1.54) is 45.2 Å². The average Bonchev–Trinajstić information content (AvgIpc) is 2.40. The van der Waals surface area contributed by atoms with Crippen molar-refractivity contribution in [2.45, 2.75) is 45.1 Å². The van der Waals surface area contributed by atoms with Gasteiger partial charge in [0.2, 0.25) is 0 Å². The van der Waals surface area contributed by atoms with E-state index in [0.29, 0.717) is 0 Å². The molecule has 1 heterocycles. The van der Waals surface area contributed by atoms with E-state index in [2.05, 4.69) is 11.8 Å². The van der Waals surface area contributed by atoms with E-state index in [-0.39, 0.29) is 0 Å². The highest BCUT2D eigenvalue weighted by molar-refractivity contribution is 4.88. The number of methoxy groups -OCH3 is 1. The number of ether oxygens (including phenoxy) is 1. The van der Waals surface area contributed by atoms with Crippen molar-refractivity contribution in [3.63, 3.8) is 0 Å². The Morgan fingerprint density at radius 3 is 2.50 bits per heavy atom. The zero-order valence-electron chi connectivity index (χ0n) is 12.1. The first-order valence-corrected chi connectivity index (χ1v) is 7.67. The van der Waals surface area contributed by atoms with E-state index in [0.717, 1.165) is 36.9 Å². The first-order chi connectivity index (χ1) is 8.74. The van der Waals surface area contributed by atoms with E-state index >= 15 is 0 Å². The SMILES string of the molecule is COCC1CCN(C2CC(C)CCC2CN)CC1. The zero-order valence-corrected chi connectivity index (χ0v) is 12.1. The van der Waals surface area contributed by atoms with Gasteiger partial charge in [-0.05, 0) is 63.1 Å². The Labute approximate surface area is 112 Å². The van der Waals surface area contributed by atoms with Crippen LogP contribution in [0.2, 0.25) is 0 Å². The molecule has 106 valence electrons. The topological polar surface area (TPSA) is 38.5 Å². The number of hydrogen-bond donors (Lipinski definition) is 1. The summed E-state index contributed by atoms with van der Waals surface area (Å²) in [5, 5.41) is 0. The Balaban J connectivity index is 1.86. The molecule has 0 spiro atoms. The van der Waals surface area contributed by atoms with Gasteiger partial charge < -0.3 is 15.4 Å². The summed E-state index contributed by atoms with van der Waals surface area (Å²) in [7, 11) is 1.82. The van der Waals surface area contributed by atoms with Crippen molar-refractivity contribution in [3.05, 3.63) is 0 Å². The Bertz CT molecular complexity index is 239. The molecule has 2 N–H and O–H groups in total. The molecule has 1 saturated carbocycles. The molecule has 0 aromatic rings. The van der Waals surface area contributed by atoms with Crippen LogP contribution in [0, 0.1) is 17.8 Å². The molecule has 3 nitrogen and oxygen atoms in total. The second kappa shape index (κ2) is 6.88. The smallest absolute Gasteiger partial charge is 0.0491 e. The molecule has 0 amide bonds. The molecule has 0 bridgehead atoms. The summed E-state index contributed by atoms with van der Waals surface area (Å²) in [5.74, 6) is 2.40. The lowest BCUT2D eigenvalue weighted by atomic mass is 9.77. The van der Waals surface area contributed by atoms with E-state index in [1.54, 1.807) is 0 Å². The Hall–Kier alpha value is -0.120. The molecule has 18 heavy (non-hydrogen) atoms. The Morgan fingerprint density at radius 1 is 1.17 bits per heavy atom. The maximum absolute atomic E-state index is 5.97. The summed E-state index contributed by atoms with van der Waals surface area (Å²) in [6.45, 7) is 6.71.